The van der Waals surface area contributed by atoms with Gasteiger partial charge in [-0.2, -0.15) is 0 Å². The van der Waals surface area contributed by atoms with Gasteiger partial charge in [-0.25, -0.2) is 4.79 Å². The summed E-state index contributed by atoms with van der Waals surface area (Å²) in [5.74, 6) is -2.65. The van der Waals surface area contributed by atoms with E-state index in [1.165, 1.54) is 6.08 Å². The topological polar surface area (TPSA) is 95.5 Å². The number of halogens is 1. The van der Waals surface area contributed by atoms with Crippen molar-refractivity contribution in [3.63, 3.8) is 0 Å². The number of benzene rings is 2. The number of hydrogen-bond acceptors (Lipinski definition) is 3. The van der Waals surface area contributed by atoms with E-state index in [0.717, 1.165) is 5.56 Å². The molecule has 0 saturated carbocycles. The van der Waals surface area contributed by atoms with E-state index in [4.69, 9.17) is 11.6 Å². The molecule has 0 aliphatic rings. The third-order valence-corrected chi connectivity index (χ3v) is 4.46. The summed E-state index contributed by atoms with van der Waals surface area (Å²) in [5, 5.41) is 14.9. The summed E-state index contributed by atoms with van der Waals surface area (Å²) in [7, 11) is 0. The van der Waals surface area contributed by atoms with Crippen molar-refractivity contribution in [3.05, 3.63) is 75.9 Å². The number of carboxylic acid groups (broad SMARTS) is 1. The molecule has 1 atom stereocenters. The van der Waals surface area contributed by atoms with Gasteiger partial charge in [0.25, 0.3) is 11.8 Å². The number of hydrogen-bond donors (Lipinski definition) is 3. The van der Waals surface area contributed by atoms with Gasteiger partial charge in [0, 0.05) is 10.6 Å². The first-order valence-electron chi connectivity index (χ1n) is 9.06. The maximum absolute atomic E-state index is 12.8. The quantitative estimate of drug-likeness (QED) is 0.602. The Morgan fingerprint density at radius 3 is 2.10 bits per heavy atom. The molecule has 0 fully saturated rings. The first-order valence-corrected chi connectivity index (χ1v) is 9.44. The zero-order valence-electron chi connectivity index (χ0n) is 16.4. The molecule has 2 rings (SSSR count). The molecule has 7 heteroatoms. The van der Waals surface area contributed by atoms with Crippen LogP contribution in [0.5, 0.6) is 0 Å². The predicted octanol–water partition coefficient (Wildman–Crippen LogP) is 3.64. The van der Waals surface area contributed by atoms with Crippen LogP contribution in [-0.4, -0.2) is 28.9 Å². The smallest absolute Gasteiger partial charge is 0.326 e. The van der Waals surface area contributed by atoms with E-state index in [1.54, 1.807) is 62.4 Å². The van der Waals surface area contributed by atoms with Crippen molar-refractivity contribution in [3.8, 4) is 0 Å². The highest BCUT2D eigenvalue weighted by Gasteiger charge is 2.25. The van der Waals surface area contributed by atoms with Gasteiger partial charge in [0.2, 0.25) is 0 Å². The molecular formula is C22H23ClN2O4. The van der Waals surface area contributed by atoms with Gasteiger partial charge in [-0.3, -0.25) is 9.59 Å². The highest BCUT2D eigenvalue weighted by atomic mass is 35.5. The Morgan fingerprint density at radius 2 is 1.59 bits per heavy atom. The molecule has 0 saturated heterocycles. The van der Waals surface area contributed by atoms with Gasteiger partial charge in [-0.05, 0) is 48.7 Å². The first kappa shape index (κ1) is 22.2. The first-order chi connectivity index (χ1) is 13.7. The van der Waals surface area contributed by atoms with E-state index in [9.17, 15) is 19.5 Å². The summed E-state index contributed by atoms with van der Waals surface area (Å²) < 4.78 is 0. The lowest BCUT2D eigenvalue weighted by Gasteiger charge is -2.19. The zero-order chi connectivity index (χ0) is 21.6. The van der Waals surface area contributed by atoms with Crippen LogP contribution < -0.4 is 10.6 Å². The SMILES string of the molecule is Cc1ccc(C(=O)N/C(=C/c2ccc(Cl)cc2)C(=O)N[C@@H](C(=O)O)C(C)C)cc1. The highest BCUT2D eigenvalue weighted by Crippen LogP contribution is 2.13. The molecule has 2 aromatic rings. The van der Waals surface area contributed by atoms with Crippen LogP contribution >= 0.6 is 11.6 Å². The van der Waals surface area contributed by atoms with Crippen LogP contribution in [0.15, 0.2) is 54.2 Å². The van der Waals surface area contributed by atoms with E-state index in [-0.39, 0.29) is 11.6 Å². The van der Waals surface area contributed by atoms with Gasteiger partial charge in [0.1, 0.15) is 11.7 Å². The summed E-state index contributed by atoms with van der Waals surface area (Å²) in [6, 6.07) is 12.5. The molecule has 0 heterocycles. The van der Waals surface area contributed by atoms with E-state index < -0.39 is 23.8 Å². The minimum absolute atomic E-state index is 0.0650. The molecule has 2 amide bonds. The fourth-order valence-corrected chi connectivity index (χ4v) is 2.64. The third kappa shape index (κ3) is 6.47. The minimum Gasteiger partial charge on any atom is -0.480 e. The molecule has 0 aromatic heterocycles. The summed E-state index contributed by atoms with van der Waals surface area (Å²) in [5.41, 5.74) is 1.94. The minimum atomic E-state index is -1.15. The highest BCUT2D eigenvalue weighted by molar-refractivity contribution is 6.30. The fraction of sp³-hybridized carbons (Fsp3) is 0.227. The molecule has 3 N–H and O–H groups in total. The maximum Gasteiger partial charge on any atom is 0.326 e. The zero-order valence-corrected chi connectivity index (χ0v) is 17.2. The largest absolute Gasteiger partial charge is 0.480 e. The molecule has 0 unspecified atom stereocenters. The standard InChI is InChI=1S/C22H23ClN2O4/c1-13(2)19(22(28)29)25-21(27)18(12-15-6-10-17(23)11-7-15)24-20(26)16-8-4-14(3)5-9-16/h4-13,19H,1-3H3,(H,24,26)(H,25,27)(H,28,29)/b18-12+/t19-/m1/s1. The van der Waals surface area contributed by atoms with Crippen molar-refractivity contribution in [2.24, 2.45) is 5.92 Å². The lowest BCUT2D eigenvalue weighted by molar-refractivity contribution is -0.142. The number of aliphatic carboxylic acids is 1. The number of carbonyl (C=O) groups excluding carboxylic acids is 2. The van der Waals surface area contributed by atoms with Crippen LogP contribution in [0.1, 0.15) is 35.3 Å². The number of carboxylic acids is 1. The molecule has 2 aromatic carbocycles. The predicted molar refractivity (Wildman–Crippen MR) is 112 cm³/mol. The molecule has 0 aliphatic carbocycles. The Hall–Kier alpha value is -3.12. The van der Waals surface area contributed by atoms with Crippen LogP contribution in [0, 0.1) is 12.8 Å². The van der Waals surface area contributed by atoms with Crippen molar-refractivity contribution >= 4 is 35.5 Å². The summed E-state index contributed by atoms with van der Waals surface area (Å²) in [6.07, 6.45) is 1.47. The monoisotopic (exact) mass is 414 g/mol. The Kier molecular flexibility index (Phi) is 7.56. The Balaban J connectivity index is 2.33. The van der Waals surface area contributed by atoms with Gasteiger partial charge >= 0.3 is 5.97 Å². The van der Waals surface area contributed by atoms with E-state index in [0.29, 0.717) is 16.1 Å². The summed E-state index contributed by atoms with van der Waals surface area (Å²) in [6.45, 7) is 5.28. The van der Waals surface area contributed by atoms with Crippen LogP contribution in [0.3, 0.4) is 0 Å². The molecule has 0 aliphatic heterocycles. The van der Waals surface area contributed by atoms with Gasteiger partial charge in [-0.15, -0.1) is 0 Å². The second-order valence-corrected chi connectivity index (χ2v) is 7.40. The number of amides is 2. The van der Waals surface area contributed by atoms with Gasteiger partial charge < -0.3 is 15.7 Å². The lowest BCUT2D eigenvalue weighted by Crippen LogP contribution is -2.47. The van der Waals surface area contributed by atoms with Crippen molar-refractivity contribution in [1.82, 2.24) is 10.6 Å². The lowest BCUT2D eigenvalue weighted by atomic mass is 10.0. The van der Waals surface area contributed by atoms with E-state index >= 15 is 0 Å². The van der Waals surface area contributed by atoms with Crippen LogP contribution in [0.25, 0.3) is 6.08 Å². The van der Waals surface area contributed by atoms with Crippen LogP contribution in [-0.2, 0) is 9.59 Å². The third-order valence-electron chi connectivity index (χ3n) is 4.21. The molecule has 29 heavy (non-hydrogen) atoms. The molecular weight excluding hydrogens is 392 g/mol. The van der Waals surface area contributed by atoms with Gasteiger partial charge in [0.05, 0.1) is 0 Å². The Morgan fingerprint density at radius 1 is 1.00 bits per heavy atom. The van der Waals surface area contributed by atoms with E-state index in [1.807, 2.05) is 6.92 Å². The summed E-state index contributed by atoms with van der Waals surface area (Å²) in [4.78, 5) is 36.8. The van der Waals surface area contributed by atoms with Crippen molar-refractivity contribution in [2.45, 2.75) is 26.8 Å². The molecule has 152 valence electrons. The van der Waals surface area contributed by atoms with Crippen molar-refractivity contribution in [1.29, 1.82) is 0 Å². The Labute approximate surface area is 174 Å². The van der Waals surface area contributed by atoms with Crippen molar-refractivity contribution < 1.29 is 19.5 Å². The molecule has 0 radical (unpaired) electrons. The van der Waals surface area contributed by atoms with Crippen LogP contribution in [0.4, 0.5) is 0 Å². The second kappa shape index (κ2) is 9.89. The number of aryl methyl sites for hydroxylation is 1. The Bertz CT molecular complexity index is 919. The summed E-state index contributed by atoms with van der Waals surface area (Å²) >= 11 is 5.89. The average molecular weight is 415 g/mol. The fourth-order valence-electron chi connectivity index (χ4n) is 2.52. The molecule has 0 spiro atoms. The normalized spacial score (nSPS) is 12.4. The van der Waals surface area contributed by atoms with Gasteiger partial charge in [0.15, 0.2) is 0 Å². The molecule has 0 bridgehead atoms. The van der Waals surface area contributed by atoms with Gasteiger partial charge in [-0.1, -0.05) is 55.3 Å². The van der Waals surface area contributed by atoms with E-state index in [2.05, 4.69) is 10.6 Å². The number of carbonyl (C=O) groups is 3. The molecule has 6 nitrogen and oxygen atoms in total. The second-order valence-electron chi connectivity index (χ2n) is 6.96. The van der Waals surface area contributed by atoms with Crippen LogP contribution in [0.2, 0.25) is 5.02 Å². The maximum atomic E-state index is 12.8. The average Bonchev–Trinajstić information content (AvgIpc) is 2.67. The number of rotatable bonds is 7. The number of nitrogens with one attached hydrogen (secondary N) is 2. The van der Waals surface area contributed by atoms with Crippen molar-refractivity contribution in [2.75, 3.05) is 0 Å².